The van der Waals surface area contributed by atoms with Crippen LogP contribution in [0.3, 0.4) is 0 Å². The van der Waals surface area contributed by atoms with E-state index in [0.717, 1.165) is 23.9 Å². The highest BCUT2D eigenvalue weighted by atomic mass is 79.9. The third-order valence-corrected chi connectivity index (χ3v) is 4.02. The topological polar surface area (TPSA) is 64.4 Å². The lowest BCUT2D eigenvalue weighted by molar-refractivity contribution is -0.385. The molecule has 0 aliphatic carbocycles. The molecule has 6 heteroatoms. The fraction of sp³-hybridized carbons (Fsp3) is 0.571. The largest absolute Gasteiger partial charge is 0.375 e. The van der Waals surface area contributed by atoms with Crippen LogP contribution in [0.5, 0.6) is 0 Å². The van der Waals surface area contributed by atoms with E-state index in [-0.39, 0.29) is 16.2 Å². The Balaban J connectivity index is 2.02. The number of nitrogens with one attached hydrogen (secondary N) is 1. The van der Waals surface area contributed by atoms with Crippen molar-refractivity contribution in [2.24, 2.45) is 0 Å². The lowest BCUT2D eigenvalue weighted by atomic mass is 9.94. The van der Waals surface area contributed by atoms with Crippen LogP contribution in [0.2, 0.25) is 0 Å². The first kappa shape index (κ1) is 15.4. The van der Waals surface area contributed by atoms with E-state index in [1.54, 1.807) is 12.1 Å². The molecule has 1 heterocycles. The van der Waals surface area contributed by atoms with Gasteiger partial charge < -0.3 is 10.1 Å². The van der Waals surface area contributed by atoms with Crippen molar-refractivity contribution in [2.75, 3.05) is 6.61 Å². The third kappa shape index (κ3) is 4.01. The molecule has 1 saturated heterocycles. The Morgan fingerprint density at radius 1 is 1.55 bits per heavy atom. The molecule has 1 N–H and O–H groups in total. The average molecular weight is 343 g/mol. The quantitative estimate of drug-likeness (QED) is 0.672. The first-order valence-corrected chi connectivity index (χ1v) is 7.47. The van der Waals surface area contributed by atoms with Gasteiger partial charge in [0.2, 0.25) is 0 Å². The molecule has 0 amide bonds. The van der Waals surface area contributed by atoms with E-state index in [1.807, 2.05) is 6.07 Å². The molecule has 0 radical (unpaired) electrons. The first-order chi connectivity index (χ1) is 9.37. The molecule has 0 spiro atoms. The fourth-order valence-electron chi connectivity index (χ4n) is 2.52. The van der Waals surface area contributed by atoms with Crippen molar-refractivity contribution in [1.82, 2.24) is 5.32 Å². The maximum atomic E-state index is 11.1. The van der Waals surface area contributed by atoms with E-state index < -0.39 is 0 Å². The maximum absolute atomic E-state index is 11.1. The van der Waals surface area contributed by atoms with Gasteiger partial charge in [-0.2, -0.15) is 0 Å². The van der Waals surface area contributed by atoms with Gasteiger partial charge in [-0.1, -0.05) is 15.9 Å². The van der Waals surface area contributed by atoms with Crippen molar-refractivity contribution in [3.63, 3.8) is 0 Å². The Hall–Kier alpha value is -0.980. The molecular formula is C14H19BrN2O3. The van der Waals surface area contributed by atoms with Gasteiger partial charge in [-0.15, -0.1) is 0 Å². The van der Waals surface area contributed by atoms with Crippen molar-refractivity contribution < 1.29 is 9.66 Å². The Morgan fingerprint density at radius 2 is 2.30 bits per heavy atom. The van der Waals surface area contributed by atoms with Crippen molar-refractivity contribution in [1.29, 1.82) is 0 Å². The second-order valence-electron chi connectivity index (χ2n) is 5.71. The number of hydrogen-bond acceptors (Lipinski definition) is 4. The highest BCUT2D eigenvalue weighted by Gasteiger charge is 2.28. The van der Waals surface area contributed by atoms with Crippen molar-refractivity contribution in [3.05, 3.63) is 38.3 Å². The summed E-state index contributed by atoms with van der Waals surface area (Å²) in [5, 5.41) is 14.5. The van der Waals surface area contributed by atoms with Crippen LogP contribution in [0.15, 0.2) is 22.7 Å². The monoisotopic (exact) mass is 342 g/mol. The summed E-state index contributed by atoms with van der Waals surface area (Å²) >= 11 is 3.27. The molecule has 1 aromatic carbocycles. The number of nitro groups is 1. The second kappa shape index (κ2) is 6.20. The molecule has 1 fully saturated rings. The molecule has 2 rings (SSSR count). The van der Waals surface area contributed by atoms with Crippen molar-refractivity contribution >= 4 is 21.6 Å². The number of halogens is 1. The number of nitrogens with zero attached hydrogens (tertiary/aromatic N) is 1. The lowest BCUT2D eigenvalue weighted by Crippen LogP contribution is -2.43. The number of rotatable bonds is 4. The zero-order valence-electron chi connectivity index (χ0n) is 11.7. The summed E-state index contributed by atoms with van der Waals surface area (Å²) in [6.07, 6.45) is 1.85. The van der Waals surface area contributed by atoms with Crippen molar-refractivity contribution in [3.8, 4) is 0 Å². The summed E-state index contributed by atoms with van der Waals surface area (Å²) < 4.78 is 6.39. The number of nitro benzene ring substituents is 1. The van der Waals surface area contributed by atoms with Crippen molar-refractivity contribution in [2.45, 2.75) is 44.9 Å². The molecule has 0 bridgehead atoms. The van der Waals surface area contributed by atoms with Crippen LogP contribution in [0.25, 0.3) is 0 Å². The van der Waals surface area contributed by atoms with Crippen LogP contribution in [0.4, 0.5) is 5.69 Å². The van der Waals surface area contributed by atoms with E-state index in [2.05, 4.69) is 35.1 Å². The predicted octanol–water partition coefficient (Wildman–Crippen LogP) is 3.40. The normalized spacial score (nSPS) is 21.6. The maximum Gasteiger partial charge on any atom is 0.275 e. The van der Waals surface area contributed by atoms with Gasteiger partial charge in [0.05, 0.1) is 10.5 Å². The van der Waals surface area contributed by atoms with E-state index in [4.69, 9.17) is 4.74 Å². The summed E-state index contributed by atoms with van der Waals surface area (Å²) in [6, 6.07) is 5.50. The van der Waals surface area contributed by atoms with Gasteiger partial charge in [-0.3, -0.25) is 10.1 Å². The molecule has 20 heavy (non-hydrogen) atoms. The lowest BCUT2D eigenvalue weighted by Gasteiger charge is -2.36. The molecule has 1 aliphatic rings. The number of ether oxygens (including phenoxy) is 1. The van der Waals surface area contributed by atoms with Gasteiger partial charge in [0.15, 0.2) is 0 Å². The number of benzene rings is 1. The van der Waals surface area contributed by atoms with E-state index in [9.17, 15) is 10.1 Å². The summed E-state index contributed by atoms with van der Waals surface area (Å²) in [4.78, 5) is 10.7. The standard InChI is InChI=1S/C14H19BrN2O3/c1-14(2)8-12(5-6-20-14)16-9-10-3-4-11(15)7-13(10)17(18)19/h3-4,7,12,16H,5-6,8-9H2,1-2H3. The highest BCUT2D eigenvalue weighted by molar-refractivity contribution is 9.10. The second-order valence-corrected chi connectivity index (χ2v) is 6.62. The molecule has 0 aromatic heterocycles. The first-order valence-electron chi connectivity index (χ1n) is 6.67. The Bertz CT molecular complexity index is 505. The SMILES string of the molecule is CC1(C)CC(NCc2ccc(Br)cc2[N+](=O)[O-])CCO1. The van der Waals surface area contributed by atoms with Gasteiger partial charge in [-0.05, 0) is 38.8 Å². The van der Waals surface area contributed by atoms with E-state index >= 15 is 0 Å². The molecule has 1 aliphatic heterocycles. The minimum Gasteiger partial charge on any atom is -0.375 e. The fourth-order valence-corrected chi connectivity index (χ4v) is 2.87. The van der Waals surface area contributed by atoms with Gasteiger partial charge in [0.25, 0.3) is 5.69 Å². The molecule has 1 atom stereocenters. The van der Waals surface area contributed by atoms with Gasteiger partial charge in [0.1, 0.15) is 0 Å². The minimum absolute atomic E-state index is 0.123. The van der Waals surface area contributed by atoms with Crippen LogP contribution in [0.1, 0.15) is 32.3 Å². The summed E-state index contributed by atoms with van der Waals surface area (Å²) in [6.45, 7) is 5.38. The van der Waals surface area contributed by atoms with Crippen LogP contribution in [-0.4, -0.2) is 23.2 Å². The number of hydrogen-bond donors (Lipinski definition) is 1. The Morgan fingerprint density at radius 3 is 2.95 bits per heavy atom. The van der Waals surface area contributed by atoms with Crippen LogP contribution >= 0.6 is 15.9 Å². The average Bonchev–Trinajstić information content (AvgIpc) is 2.36. The van der Waals surface area contributed by atoms with Gasteiger partial charge >= 0.3 is 0 Å². The molecule has 1 aromatic rings. The smallest absolute Gasteiger partial charge is 0.275 e. The zero-order chi connectivity index (χ0) is 14.8. The van der Waals surface area contributed by atoms with E-state index in [1.165, 1.54) is 0 Å². The highest BCUT2D eigenvalue weighted by Crippen LogP contribution is 2.26. The molecule has 110 valence electrons. The van der Waals surface area contributed by atoms with Gasteiger partial charge in [-0.25, -0.2) is 0 Å². The molecular weight excluding hydrogens is 324 g/mol. The molecule has 5 nitrogen and oxygen atoms in total. The molecule has 0 saturated carbocycles. The van der Waals surface area contributed by atoms with E-state index in [0.29, 0.717) is 18.2 Å². The van der Waals surface area contributed by atoms with Gasteiger partial charge in [0, 0.05) is 35.3 Å². The Labute approximate surface area is 127 Å². The minimum atomic E-state index is -0.338. The van der Waals surface area contributed by atoms with Crippen LogP contribution < -0.4 is 5.32 Å². The zero-order valence-corrected chi connectivity index (χ0v) is 13.3. The predicted molar refractivity (Wildman–Crippen MR) is 80.7 cm³/mol. The third-order valence-electron chi connectivity index (χ3n) is 3.52. The summed E-state index contributed by atoms with van der Waals surface area (Å²) in [5.41, 5.74) is 0.738. The molecule has 1 unspecified atom stereocenters. The summed E-state index contributed by atoms with van der Waals surface area (Å²) in [7, 11) is 0. The van der Waals surface area contributed by atoms with Crippen LogP contribution in [0, 0.1) is 10.1 Å². The summed E-state index contributed by atoms with van der Waals surface area (Å²) in [5.74, 6) is 0. The van der Waals surface area contributed by atoms with Crippen LogP contribution in [-0.2, 0) is 11.3 Å². The Kier molecular flexibility index (Phi) is 4.78.